The van der Waals surface area contributed by atoms with E-state index in [0.717, 1.165) is 22.6 Å². The lowest BCUT2D eigenvalue weighted by atomic mass is 9.87. The monoisotopic (exact) mass is 317 g/mol. The van der Waals surface area contributed by atoms with Crippen molar-refractivity contribution >= 4 is 11.8 Å². The minimum Gasteiger partial charge on any atom is -0.468 e. The van der Waals surface area contributed by atoms with E-state index in [1.807, 2.05) is 68.5 Å². The number of allylic oxidation sites excluding steroid dienone is 5. The quantitative estimate of drug-likeness (QED) is 0.838. The second-order valence-electron chi connectivity index (χ2n) is 6.05. The molecule has 1 aromatic carbocycles. The topological polar surface area (TPSA) is 82.8 Å². The summed E-state index contributed by atoms with van der Waals surface area (Å²) in [6.45, 7) is 4.07. The maximum absolute atomic E-state index is 8.90. The fourth-order valence-electron chi connectivity index (χ4n) is 2.15. The first-order chi connectivity index (χ1) is 11.4. The second-order valence-corrected chi connectivity index (χ2v) is 6.05. The molecule has 0 fully saturated rings. The number of nitrogens with two attached hydrogens (primary N) is 1. The summed E-state index contributed by atoms with van der Waals surface area (Å²) >= 11 is 0. The van der Waals surface area contributed by atoms with Gasteiger partial charge in [-0.3, -0.25) is 0 Å². The number of rotatable bonds is 4. The molecule has 1 aliphatic heterocycles. The third-order valence-corrected chi connectivity index (χ3v) is 3.65. The fraction of sp³-hybridized carbons (Fsp3) is 0.200. The third-order valence-electron chi connectivity index (χ3n) is 3.65. The Balaban J connectivity index is 2.22. The first-order valence-corrected chi connectivity index (χ1v) is 7.56. The van der Waals surface area contributed by atoms with Crippen molar-refractivity contribution in [2.45, 2.75) is 13.8 Å². The van der Waals surface area contributed by atoms with Crippen molar-refractivity contribution in [1.82, 2.24) is 0 Å². The molecule has 0 amide bonds. The largest absolute Gasteiger partial charge is 0.468 e. The summed E-state index contributed by atoms with van der Waals surface area (Å²) in [6.07, 6.45) is 10.9. The Bertz CT molecular complexity index is 783. The maximum atomic E-state index is 8.90. The lowest BCUT2D eigenvalue weighted by molar-refractivity contribution is 0.263. The molecule has 0 aromatic heterocycles. The predicted molar refractivity (Wildman–Crippen MR) is 94.8 cm³/mol. The standard InChI is InChI=1S/C20H19N3O/c1-20(2,9-7-15-3-5-18(23)6-4-15)19-12-16(8-10-24-19)11-17(13-21)14-22/h3-12,17H,23H2,1-2H3. The Labute approximate surface area is 142 Å². The molecule has 1 aromatic rings. The Kier molecular flexibility index (Phi) is 5.24. The van der Waals surface area contributed by atoms with Gasteiger partial charge in [-0.05, 0) is 55.3 Å². The van der Waals surface area contributed by atoms with Gasteiger partial charge in [0.15, 0.2) is 5.92 Å². The highest BCUT2D eigenvalue weighted by atomic mass is 16.5. The van der Waals surface area contributed by atoms with Crippen molar-refractivity contribution < 1.29 is 4.74 Å². The smallest absolute Gasteiger partial charge is 0.152 e. The van der Waals surface area contributed by atoms with Crippen LogP contribution < -0.4 is 5.73 Å². The predicted octanol–water partition coefficient (Wildman–Crippen LogP) is 4.33. The SMILES string of the molecule is CC(C)(C=Cc1ccc(N)cc1)C1=CC(=CC(C#N)C#N)C=CO1. The zero-order valence-electron chi connectivity index (χ0n) is 13.7. The Morgan fingerprint density at radius 1 is 1.17 bits per heavy atom. The number of nitriles is 2. The zero-order valence-corrected chi connectivity index (χ0v) is 13.7. The number of nitrogens with zero attached hydrogens (tertiary/aromatic N) is 2. The van der Waals surface area contributed by atoms with Gasteiger partial charge in [0, 0.05) is 11.1 Å². The van der Waals surface area contributed by atoms with Crippen molar-refractivity contribution in [2.24, 2.45) is 11.3 Å². The number of hydrogen-bond donors (Lipinski definition) is 1. The van der Waals surface area contributed by atoms with Crippen LogP contribution in [0.3, 0.4) is 0 Å². The maximum Gasteiger partial charge on any atom is 0.152 e. The lowest BCUT2D eigenvalue weighted by Gasteiger charge is -2.25. The number of hydrogen-bond acceptors (Lipinski definition) is 4. The summed E-state index contributed by atoms with van der Waals surface area (Å²) in [5.41, 5.74) is 7.91. The highest BCUT2D eigenvalue weighted by Crippen LogP contribution is 2.33. The van der Waals surface area contributed by atoms with Gasteiger partial charge in [-0.15, -0.1) is 0 Å². The highest BCUT2D eigenvalue weighted by Gasteiger charge is 2.23. The van der Waals surface area contributed by atoms with Gasteiger partial charge in [0.25, 0.3) is 0 Å². The number of ether oxygens (including phenoxy) is 1. The van der Waals surface area contributed by atoms with Gasteiger partial charge in [-0.1, -0.05) is 24.3 Å². The molecule has 0 atom stereocenters. The average molecular weight is 317 g/mol. The Morgan fingerprint density at radius 2 is 1.83 bits per heavy atom. The average Bonchev–Trinajstić information content (AvgIpc) is 2.59. The van der Waals surface area contributed by atoms with E-state index in [0.29, 0.717) is 0 Å². The van der Waals surface area contributed by atoms with Crippen LogP contribution in [0.2, 0.25) is 0 Å². The van der Waals surface area contributed by atoms with Gasteiger partial charge in [0.05, 0.1) is 18.4 Å². The molecule has 0 bridgehead atoms. The van der Waals surface area contributed by atoms with Crippen LogP contribution in [0.5, 0.6) is 0 Å². The Hall–Kier alpha value is -3.24. The van der Waals surface area contributed by atoms with Crippen molar-refractivity contribution in [2.75, 3.05) is 5.73 Å². The molecule has 0 unspecified atom stereocenters. The molecule has 2 N–H and O–H groups in total. The summed E-state index contributed by atoms with van der Waals surface area (Å²) < 4.78 is 5.63. The molecule has 1 aliphatic rings. The number of anilines is 1. The van der Waals surface area contributed by atoms with Crippen LogP contribution in [0.1, 0.15) is 19.4 Å². The van der Waals surface area contributed by atoms with E-state index in [4.69, 9.17) is 21.0 Å². The van der Waals surface area contributed by atoms with Crippen molar-refractivity contribution in [3.8, 4) is 12.1 Å². The first-order valence-electron chi connectivity index (χ1n) is 7.56. The van der Waals surface area contributed by atoms with E-state index < -0.39 is 5.92 Å². The lowest BCUT2D eigenvalue weighted by Crippen LogP contribution is -2.14. The van der Waals surface area contributed by atoms with Crippen LogP contribution in [0, 0.1) is 34.0 Å². The van der Waals surface area contributed by atoms with Gasteiger partial charge in [0.1, 0.15) is 5.76 Å². The normalized spacial score (nSPS) is 15.9. The summed E-state index contributed by atoms with van der Waals surface area (Å²) in [6, 6.07) is 11.5. The van der Waals surface area contributed by atoms with E-state index in [-0.39, 0.29) is 5.41 Å². The molecular weight excluding hydrogens is 298 g/mol. The third kappa shape index (κ3) is 4.38. The first kappa shape index (κ1) is 17.1. The van der Waals surface area contributed by atoms with Crippen LogP contribution in [0.15, 0.2) is 66.2 Å². The summed E-state index contributed by atoms with van der Waals surface area (Å²) in [5, 5.41) is 17.8. The molecule has 24 heavy (non-hydrogen) atoms. The van der Waals surface area contributed by atoms with Gasteiger partial charge in [-0.25, -0.2) is 0 Å². The minimum absolute atomic E-state index is 0.347. The highest BCUT2D eigenvalue weighted by molar-refractivity contribution is 5.55. The van der Waals surface area contributed by atoms with E-state index >= 15 is 0 Å². The summed E-state index contributed by atoms with van der Waals surface area (Å²) in [7, 11) is 0. The number of nitrogen functional groups attached to an aromatic ring is 1. The molecule has 4 heteroatoms. The van der Waals surface area contributed by atoms with E-state index in [1.165, 1.54) is 0 Å². The second kappa shape index (κ2) is 7.35. The molecule has 0 saturated heterocycles. The molecule has 1 heterocycles. The van der Waals surface area contributed by atoms with Gasteiger partial charge < -0.3 is 10.5 Å². The molecule has 0 aliphatic carbocycles. The Morgan fingerprint density at radius 3 is 2.46 bits per heavy atom. The molecule has 0 radical (unpaired) electrons. The molecule has 0 saturated carbocycles. The molecule has 2 rings (SSSR count). The molecule has 0 spiro atoms. The molecule has 120 valence electrons. The minimum atomic E-state index is -0.770. The summed E-state index contributed by atoms with van der Waals surface area (Å²) in [5.74, 6) is -0.0220. The van der Waals surface area contributed by atoms with Crippen molar-refractivity contribution in [3.63, 3.8) is 0 Å². The van der Waals surface area contributed by atoms with Crippen LogP contribution in [0.25, 0.3) is 6.08 Å². The van der Waals surface area contributed by atoms with E-state index in [2.05, 4.69) is 0 Å². The van der Waals surface area contributed by atoms with Crippen LogP contribution in [-0.2, 0) is 4.74 Å². The zero-order chi connectivity index (χ0) is 17.6. The van der Waals surface area contributed by atoms with Gasteiger partial charge >= 0.3 is 0 Å². The number of benzene rings is 1. The molecule has 4 nitrogen and oxygen atoms in total. The van der Waals surface area contributed by atoms with Crippen LogP contribution >= 0.6 is 0 Å². The van der Waals surface area contributed by atoms with Crippen molar-refractivity contribution in [3.05, 3.63) is 71.7 Å². The van der Waals surface area contributed by atoms with Gasteiger partial charge in [0.2, 0.25) is 0 Å². The van der Waals surface area contributed by atoms with E-state index in [9.17, 15) is 0 Å². The van der Waals surface area contributed by atoms with Gasteiger partial charge in [-0.2, -0.15) is 10.5 Å². The van der Waals surface area contributed by atoms with E-state index in [1.54, 1.807) is 18.4 Å². The fourth-order valence-corrected chi connectivity index (χ4v) is 2.15. The van der Waals surface area contributed by atoms with Crippen LogP contribution in [-0.4, -0.2) is 0 Å². The van der Waals surface area contributed by atoms with Crippen LogP contribution in [0.4, 0.5) is 5.69 Å². The van der Waals surface area contributed by atoms with Crippen molar-refractivity contribution in [1.29, 1.82) is 10.5 Å². The molecular formula is C20H19N3O. The summed E-state index contributed by atoms with van der Waals surface area (Å²) in [4.78, 5) is 0.